The Hall–Kier alpha value is -0.450. The SMILES string of the molecule is Cc1ccccc1C1CC[PH](=O)C1.O=P. The molecule has 1 aromatic rings. The molecule has 0 aliphatic carbocycles. The van der Waals surface area contributed by atoms with Crippen molar-refractivity contribution in [3.63, 3.8) is 0 Å². The van der Waals surface area contributed by atoms with Gasteiger partial charge in [0.05, 0.1) is 7.80 Å². The lowest BCUT2D eigenvalue weighted by molar-refractivity contribution is 0.591. The highest BCUT2D eigenvalue weighted by Gasteiger charge is 2.22. The van der Waals surface area contributed by atoms with Crippen LogP contribution in [0.5, 0.6) is 0 Å². The molecule has 0 N–H and O–H groups in total. The highest BCUT2D eigenvalue weighted by atomic mass is 31.1. The molecule has 2 unspecified atom stereocenters. The molecule has 1 aliphatic heterocycles. The minimum absolute atomic E-state index is 0.576. The van der Waals surface area contributed by atoms with Crippen molar-refractivity contribution in [1.82, 2.24) is 0 Å². The molecule has 82 valence electrons. The molecular formula is C11H16O2P2. The van der Waals surface area contributed by atoms with E-state index in [4.69, 9.17) is 4.57 Å². The highest BCUT2D eigenvalue weighted by Crippen LogP contribution is 2.41. The van der Waals surface area contributed by atoms with Crippen molar-refractivity contribution in [1.29, 1.82) is 0 Å². The summed E-state index contributed by atoms with van der Waals surface area (Å²) in [6.07, 6.45) is 3.03. The Labute approximate surface area is 93.5 Å². The van der Waals surface area contributed by atoms with Gasteiger partial charge in [-0.25, -0.2) is 0 Å². The van der Waals surface area contributed by atoms with Crippen molar-refractivity contribution in [3.05, 3.63) is 35.4 Å². The fourth-order valence-corrected chi connectivity index (χ4v) is 3.97. The zero-order chi connectivity index (χ0) is 11.3. The third-order valence-corrected chi connectivity index (χ3v) is 4.67. The minimum Gasteiger partial charge on any atom is -0.327 e. The van der Waals surface area contributed by atoms with E-state index < -0.39 is 7.80 Å². The summed E-state index contributed by atoms with van der Waals surface area (Å²) >= 11 is 0. The van der Waals surface area contributed by atoms with Gasteiger partial charge in [-0.15, -0.1) is 0 Å². The van der Waals surface area contributed by atoms with Gasteiger partial charge in [-0.3, -0.25) is 4.57 Å². The van der Waals surface area contributed by atoms with Crippen molar-refractivity contribution >= 4 is 16.9 Å². The van der Waals surface area contributed by atoms with Crippen LogP contribution >= 0.6 is 16.9 Å². The van der Waals surface area contributed by atoms with E-state index in [-0.39, 0.29) is 0 Å². The maximum absolute atomic E-state index is 11.3. The lowest BCUT2D eigenvalue weighted by Gasteiger charge is -2.11. The zero-order valence-electron chi connectivity index (χ0n) is 8.82. The second kappa shape index (κ2) is 6.20. The third kappa shape index (κ3) is 3.26. The summed E-state index contributed by atoms with van der Waals surface area (Å²) < 4.78 is 19.4. The Morgan fingerprint density at radius 3 is 2.53 bits per heavy atom. The molecule has 0 aromatic heterocycles. The fourth-order valence-electron chi connectivity index (χ4n) is 2.12. The van der Waals surface area contributed by atoms with Crippen LogP contribution in [0, 0.1) is 6.92 Å². The van der Waals surface area contributed by atoms with Crippen LogP contribution in [0.2, 0.25) is 0 Å². The molecule has 0 spiro atoms. The standard InChI is InChI=1S/C11H15OP.HOP/c1-9-4-2-3-5-11(9)10-6-7-13(12)8-10;1-2/h2-5,10,13H,6-8H2,1H3;2H. The molecule has 15 heavy (non-hydrogen) atoms. The summed E-state index contributed by atoms with van der Waals surface area (Å²) in [7, 11) is 0.503. The van der Waals surface area contributed by atoms with Crippen LogP contribution in [0.15, 0.2) is 24.3 Å². The first kappa shape index (κ1) is 12.6. The average molecular weight is 242 g/mol. The average Bonchev–Trinajstić information content (AvgIpc) is 2.68. The molecule has 0 saturated carbocycles. The van der Waals surface area contributed by atoms with Crippen LogP contribution < -0.4 is 0 Å². The van der Waals surface area contributed by atoms with Gasteiger partial charge in [-0.05, 0) is 36.6 Å². The minimum atomic E-state index is -1.22. The van der Waals surface area contributed by atoms with Crippen molar-refractivity contribution in [2.24, 2.45) is 0 Å². The number of rotatable bonds is 1. The summed E-state index contributed by atoms with van der Waals surface area (Å²) in [5, 5.41) is 0. The van der Waals surface area contributed by atoms with Gasteiger partial charge >= 0.3 is 0 Å². The predicted molar refractivity (Wildman–Crippen MR) is 66.3 cm³/mol. The fraction of sp³-hybridized carbons (Fsp3) is 0.455. The van der Waals surface area contributed by atoms with Crippen LogP contribution in [0.1, 0.15) is 23.5 Å². The van der Waals surface area contributed by atoms with Crippen molar-refractivity contribution in [2.45, 2.75) is 19.3 Å². The van der Waals surface area contributed by atoms with E-state index in [1.165, 1.54) is 11.1 Å². The summed E-state index contributed by atoms with van der Waals surface area (Å²) in [5.41, 5.74) is 2.77. The first-order valence-corrected chi connectivity index (χ1v) is 7.28. The van der Waals surface area contributed by atoms with Gasteiger partial charge in [0, 0.05) is 6.16 Å². The molecule has 1 saturated heterocycles. The van der Waals surface area contributed by atoms with Crippen molar-refractivity contribution < 1.29 is 9.13 Å². The molecule has 1 aromatic carbocycles. The largest absolute Gasteiger partial charge is 0.327 e. The van der Waals surface area contributed by atoms with Gasteiger partial charge in [0.15, 0.2) is 0 Å². The molecule has 4 heteroatoms. The molecule has 0 radical (unpaired) electrons. The van der Waals surface area contributed by atoms with E-state index in [1.54, 1.807) is 9.12 Å². The van der Waals surface area contributed by atoms with Gasteiger partial charge < -0.3 is 4.57 Å². The van der Waals surface area contributed by atoms with Gasteiger partial charge in [-0.2, -0.15) is 0 Å². The Morgan fingerprint density at radius 2 is 2.00 bits per heavy atom. The third-order valence-electron chi connectivity index (χ3n) is 2.87. The topological polar surface area (TPSA) is 34.1 Å². The van der Waals surface area contributed by atoms with E-state index in [0.29, 0.717) is 5.92 Å². The van der Waals surface area contributed by atoms with Crippen LogP contribution in [0.4, 0.5) is 0 Å². The van der Waals surface area contributed by atoms with Crippen LogP contribution in [-0.4, -0.2) is 12.3 Å². The Bertz CT molecular complexity index is 352. The maximum atomic E-state index is 11.3. The van der Waals surface area contributed by atoms with E-state index in [2.05, 4.69) is 31.2 Å². The summed E-state index contributed by atoms with van der Waals surface area (Å²) in [6.45, 7) is 2.14. The van der Waals surface area contributed by atoms with Gasteiger partial charge in [-0.1, -0.05) is 24.3 Å². The van der Waals surface area contributed by atoms with E-state index in [0.717, 1.165) is 18.7 Å². The monoisotopic (exact) mass is 242 g/mol. The lowest BCUT2D eigenvalue weighted by atomic mass is 9.95. The molecule has 1 heterocycles. The maximum Gasteiger partial charge on any atom is 0.138 e. The van der Waals surface area contributed by atoms with Gasteiger partial charge in [0.2, 0.25) is 0 Å². The Balaban J connectivity index is 0.000000531. The predicted octanol–water partition coefficient (Wildman–Crippen LogP) is 3.52. The van der Waals surface area contributed by atoms with Gasteiger partial charge in [0.1, 0.15) is 9.12 Å². The van der Waals surface area contributed by atoms with Crippen molar-refractivity contribution in [3.8, 4) is 0 Å². The van der Waals surface area contributed by atoms with Crippen molar-refractivity contribution in [2.75, 3.05) is 12.3 Å². The molecule has 1 aliphatic rings. The molecule has 0 bridgehead atoms. The van der Waals surface area contributed by atoms with E-state index in [9.17, 15) is 4.57 Å². The van der Waals surface area contributed by atoms with Gasteiger partial charge in [0.25, 0.3) is 0 Å². The summed E-state index contributed by atoms with van der Waals surface area (Å²) in [4.78, 5) is 0. The second-order valence-electron chi connectivity index (χ2n) is 3.83. The highest BCUT2D eigenvalue weighted by molar-refractivity contribution is 7.45. The normalized spacial score (nSPS) is 24.3. The number of benzene rings is 1. The molecule has 0 amide bonds. The number of aryl methyl sites for hydroxylation is 1. The van der Waals surface area contributed by atoms with Crippen LogP contribution in [0.25, 0.3) is 0 Å². The quantitative estimate of drug-likeness (QED) is 0.706. The molecule has 2 atom stereocenters. The number of hydrogen-bond donors (Lipinski definition) is 0. The molecular weight excluding hydrogens is 226 g/mol. The molecule has 1 fully saturated rings. The zero-order valence-corrected chi connectivity index (χ0v) is 10.8. The molecule has 2 rings (SSSR count). The Kier molecular flexibility index (Phi) is 5.22. The van der Waals surface area contributed by atoms with E-state index in [1.807, 2.05) is 0 Å². The molecule has 2 nitrogen and oxygen atoms in total. The first-order chi connectivity index (χ1) is 7.27. The summed E-state index contributed by atoms with van der Waals surface area (Å²) in [5.74, 6) is 0.576. The van der Waals surface area contributed by atoms with E-state index >= 15 is 0 Å². The second-order valence-corrected chi connectivity index (χ2v) is 5.82. The number of hydrogen-bond acceptors (Lipinski definition) is 2. The van der Waals surface area contributed by atoms with Crippen LogP contribution in [-0.2, 0) is 9.13 Å². The Morgan fingerprint density at radius 1 is 1.33 bits per heavy atom. The van der Waals surface area contributed by atoms with Crippen LogP contribution in [0.3, 0.4) is 0 Å². The smallest absolute Gasteiger partial charge is 0.138 e. The summed E-state index contributed by atoms with van der Waals surface area (Å²) in [6, 6.07) is 8.47. The lowest BCUT2D eigenvalue weighted by Crippen LogP contribution is -1.98. The first-order valence-electron chi connectivity index (χ1n) is 5.05.